The molecule has 9 fully saturated rings. The summed E-state index contributed by atoms with van der Waals surface area (Å²) in [5, 5.41) is 85.2. The van der Waals surface area contributed by atoms with E-state index in [9.17, 15) is 40.9 Å². The van der Waals surface area contributed by atoms with Crippen molar-refractivity contribution in [2.24, 2.45) is 52.3 Å². The van der Waals surface area contributed by atoms with Gasteiger partial charge in [-0.3, -0.25) is 0 Å². The van der Waals surface area contributed by atoms with E-state index >= 15 is 0 Å². The van der Waals surface area contributed by atoms with Gasteiger partial charge in [0.25, 0.3) is 0 Å². The summed E-state index contributed by atoms with van der Waals surface area (Å²) in [5.74, 6) is 3.29. The molecular weight excluding hydrogens is 784 g/mol. The molecule has 16 nitrogen and oxygen atoms in total. The summed E-state index contributed by atoms with van der Waals surface area (Å²) in [5.41, 5.74) is 0.354. The van der Waals surface area contributed by atoms with Gasteiger partial charge in [0.2, 0.25) is 0 Å². The van der Waals surface area contributed by atoms with Crippen LogP contribution in [-0.2, 0) is 37.9 Å². The summed E-state index contributed by atoms with van der Waals surface area (Å²) >= 11 is 0. The average Bonchev–Trinajstić information content (AvgIpc) is 3.68. The van der Waals surface area contributed by atoms with Gasteiger partial charge >= 0.3 is 0 Å². The summed E-state index contributed by atoms with van der Waals surface area (Å²) in [6.07, 6.45) is -9.85. The molecule has 0 aromatic carbocycles. The monoisotopic (exact) mass is 856 g/mol. The number of hydrogen-bond donors (Lipinski definition) is 8. The molecule has 9 rings (SSSR count). The maximum atomic E-state index is 11.9. The molecule has 4 aliphatic carbocycles. The first-order valence-corrected chi connectivity index (χ1v) is 23.1. The van der Waals surface area contributed by atoms with Crippen LogP contribution in [0.15, 0.2) is 0 Å². The van der Waals surface area contributed by atoms with Crippen molar-refractivity contribution >= 4 is 0 Å². The Morgan fingerprint density at radius 3 is 2.10 bits per heavy atom. The topological polar surface area (TPSA) is 236 Å². The highest BCUT2D eigenvalue weighted by molar-refractivity contribution is 5.15. The molecular formula is C44H72O16. The number of fused-ring (bicyclic) bond motifs is 7. The highest BCUT2D eigenvalue weighted by Crippen LogP contribution is 2.71. The molecule has 5 aliphatic heterocycles. The minimum absolute atomic E-state index is 0.125. The fourth-order valence-electron chi connectivity index (χ4n) is 14.3. The van der Waals surface area contributed by atoms with Crippen molar-refractivity contribution in [2.75, 3.05) is 19.8 Å². The van der Waals surface area contributed by atoms with Crippen LogP contribution in [0.5, 0.6) is 0 Å². The first-order valence-electron chi connectivity index (χ1n) is 23.1. The van der Waals surface area contributed by atoms with Gasteiger partial charge in [0.15, 0.2) is 24.7 Å². The average molecular weight is 857 g/mol. The lowest BCUT2D eigenvalue weighted by Crippen LogP contribution is -2.66. The zero-order valence-corrected chi connectivity index (χ0v) is 35.8. The van der Waals surface area contributed by atoms with Crippen LogP contribution in [0.2, 0.25) is 0 Å². The van der Waals surface area contributed by atoms with E-state index in [2.05, 4.69) is 27.7 Å². The quantitative estimate of drug-likeness (QED) is 0.166. The second-order valence-electron chi connectivity index (χ2n) is 21.1. The van der Waals surface area contributed by atoms with Gasteiger partial charge in [0, 0.05) is 12.3 Å². The SMILES string of the molecule is C[C@H]1CC[C@@]2(OC1)O[C@H]1C[C@H]3[C@@H]4CC[C@@H]5C[C@@H](O[C@@H]6O[C@H](CO)[C@@H](O[C@@H]7OC[C@@H](O)[C@H](O)[C@H]7O)[C@H](O)[C@H]6O[C@@H]6O[C@@H](C)[C@H](O)[C@@H](O)[C@H]6O)CC[C@]5(C)[C@H]4CC[C@]3(C)[C@H]1[C@@H]2C. The normalized spacial score (nSPS) is 59.2. The van der Waals surface area contributed by atoms with Crippen LogP contribution in [0, 0.1) is 52.3 Å². The highest BCUT2D eigenvalue weighted by atomic mass is 16.8. The van der Waals surface area contributed by atoms with E-state index in [4.69, 9.17) is 37.9 Å². The second-order valence-corrected chi connectivity index (χ2v) is 21.1. The van der Waals surface area contributed by atoms with Crippen molar-refractivity contribution < 1.29 is 78.7 Å². The maximum absolute atomic E-state index is 11.9. The lowest BCUT2D eigenvalue weighted by molar-refractivity contribution is -0.386. The van der Waals surface area contributed by atoms with Crippen molar-refractivity contribution in [2.45, 2.75) is 203 Å². The number of hydrogen-bond acceptors (Lipinski definition) is 16. The van der Waals surface area contributed by atoms with Crippen molar-refractivity contribution in [1.82, 2.24) is 0 Å². The van der Waals surface area contributed by atoms with Gasteiger partial charge in [-0.25, -0.2) is 0 Å². The molecule has 0 radical (unpaired) electrons. The summed E-state index contributed by atoms with van der Waals surface area (Å²) in [7, 11) is 0. The lowest BCUT2D eigenvalue weighted by atomic mass is 9.44. The molecule has 9 aliphatic rings. The second kappa shape index (κ2) is 16.7. The molecule has 5 heterocycles. The Balaban J connectivity index is 0.894. The number of ether oxygens (including phenoxy) is 8. The van der Waals surface area contributed by atoms with Crippen molar-refractivity contribution in [3.05, 3.63) is 0 Å². The molecule has 0 unspecified atom stereocenters. The van der Waals surface area contributed by atoms with Crippen molar-refractivity contribution in [1.29, 1.82) is 0 Å². The van der Waals surface area contributed by atoms with E-state index in [0.717, 1.165) is 58.0 Å². The minimum Gasteiger partial charge on any atom is -0.394 e. The number of rotatable bonds is 7. The Bertz CT molecular complexity index is 1500. The standard InChI is InChI=1S/C44H72O16/c1-19-8-13-44(54-17-19)20(2)30-28(60-44)15-26-24-7-6-22-14-23(9-11-42(22,4)25(24)10-12-43(26,30)5)56-41-38(59-40-35(51)33(49)31(47)21(3)55-40)36(52)37(29(16-45)57-41)58-39-34(50)32(48)27(46)18-53-39/h19-41,45-52H,6-18H2,1-5H3/t19-,20-,21-,22+,23-,24+,25-,26-,27+,28-,29+,30-,31-,32-,33+,34+,35+,36-,37+,38+,39-,40-,41+,42-,43-,44+/m0/s1. The van der Waals surface area contributed by atoms with Crippen LogP contribution in [0.1, 0.15) is 98.8 Å². The minimum atomic E-state index is -1.69. The molecule has 1 spiro atoms. The van der Waals surface area contributed by atoms with Gasteiger partial charge in [-0.1, -0.05) is 27.7 Å². The molecule has 344 valence electrons. The molecule has 5 saturated heterocycles. The van der Waals surface area contributed by atoms with Crippen molar-refractivity contribution in [3.8, 4) is 0 Å². The van der Waals surface area contributed by atoms with E-state index in [-0.39, 0.29) is 29.6 Å². The Morgan fingerprint density at radius 1 is 0.633 bits per heavy atom. The third kappa shape index (κ3) is 7.27. The molecule has 26 atom stereocenters. The van der Waals surface area contributed by atoms with Crippen LogP contribution in [0.3, 0.4) is 0 Å². The Hall–Kier alpha value is -0.640. The van der Waals surface area contributed by atoms with E-state index < -0.39 is 98.4 Å². The summed E-state index contributed by atoms with van der Waals surface area (Å²) in [4.78, 5) is 0. The van der Waals surface area contributed by atoms with Gasteiger partial charge < -0.3 is 78.7 Å². The first-order chi connectivity index (χ1) is 28.5. The number of aliphatic hydroxyl groups is 8. The van der Waals surface area contributed by atoms with Crippen LogP contribution in [-0.4, -0.2) is 165 Å². The first kappa shape index (κ1) is 44.6. The van der Waals surface area contributed by atoms with Crippen LogP contribution in [0.4, 0.5) is 0 Å². The van der Waals surface area contributed by atoms with Crippen LogP contribution < -0.4 is 0 Å². The lowest BCUT2D eigenvalue weighted by Gasteiger charge is -2.61. The third-order valence-electron chi connectivity index (χ3n) is 17.9. The van der Waals surface area contributed by atoms with E-state index in [1.807, 2.05) is 0 Å². The predicted molar refractivity (Wildman–Crippen MR) is 208 cm³/mol. The summed E-state index contributed by atoms with van der Waals surface area (Å²) < 4.78 is 49.9. The van der Waals surface area contributed by atoms with Gasteiger partial charge in [-0.2, -0.15) is 0 Å². The largest absolute Gasteiger partial charge is 0.394 e. The number of aliphatic hydroxyl groups excluding tert-OH is 8. The zero-order valence-electron chi connectivity index (χ0n) is 35.8. The van der Waals surface area contributed by atoms with E-state index in [1.165, 1.54) is 19.8 Å². The van der Waals surface area contributed by atoms with E-state index in [1.54, 1.807) is 0 Å². The molecule has 60 heavy (non-hydrogen) atoms. The summed E-state index contributed by atoms with van der Waals surface area (Å²) in [6.45, 7) is 11.0. The van der Waals surface area contributed by atoms with E-state index in [0.29, 0.717) is 41.4 Å². The molecule has 0 aromatic heterocycles. The van der Waals surface area contributed by atoms with Crippen molar-refractivity contribution in [3.63, 3.8) is 0 Å². The molecule has 0 amide bonds. The zero-order chi connectivity index (χ0) is 42.6. The molecule has 8 N–H and O–H groups in total. The van der Waals surface area contributed by atoms with Gasteiger partial charge in [0.05, 0.1) is 38.1 Å². The van der Waals surface area contributed by atoms with Crippen LogP contribution >= 0.6 is 0 Å². The van der Waals surface area contributed by atoms with Gasteiger partial charge in [0.1, 0.15) is 61.0 Å². The molecule has 0 bridgehead atoms. The highest BCUT2D eigenvalue weighted by Gasteiger charge is 2.69. The Labute approximate surface area is 353 Å². The van der Waals surface area contributed by atoms with Gasteiger partial charge in [-0.05, 0) is 111 Å². The third-order valence-corrected chi connectivity index (χ3v) is 17.9. The fraction of sp³-hybridized carbons (Fsp3) is 1.00. The predicted octanol–water partition coefficient (Wildman–Crippen LogP) is 0.933. The van der Waals surface area contributed by atoms with Crippen LogP contribution in [0.25, 0.3) is 0 Å². The summed E-state index contributed by atoms with van der Waals surface area (Å²) in [6, 6.07) is 0. The molecule has 0 aromatic rings. The molecule has 4 saturated carbocycles. The van der Waals surface area contributed by atoms with Gasteiger partial charge in [-0.15, -0.1) is 0 Å². The molecule has 16 heteroatoms. The maximum Gasteiger partial charge on any atom is 0.187 e. The smallest absolute Gasteiger partial charge is 0.187 e. The fourth-order valence-corrected chi connectivity index (χ4v) is 14.3. The Kier molecular flexibility index (Phi) is 12.4. The Morgan fingerprint density at radius 2 is 1.37 bits per heavy atom.